The highest BCUT2D eigenvalue weighted by Crippen LogP contribution is 2.32. The first kappa shape index (κ1) is 13.2. The number of ether oxygens (including phenoxy) is 2. The molecule has 108 valence electrons. The highest BCUT2D eigenvalue weighted by Gasteiger charge is 2.28. The molecule has 1 saturated carbocycles. The van der Waals surface area contributed by atoms with Gasteiger partial charge in [0, 0.05) is 24.6 Å². The number of carbonyl (C=O) groups excluding carboxylic acids is 1. The van der Waals surface area contributed by atoms with Crippen molar-refractivity contribution in [3.63, 3.8) is 0 Å². The second kappa shape index (κ2) is 5.71. The lowest BCUT2D eigenvalue weighted by Gasteiger charge is -2.13. The van der Waals surface area contributed by atoms with Gasteiger partial charge in [0.2, 0.25) is 0 Å². The van der Waals surface area contributed by atoms with Gasteiger partial charge in [0.15, 0.2) is 11.5 Å². The average molecular weight is 276 g/mol. The summed E-state index contributed by atoms with van der Waals surface area (Å²) >= 11 is 0. The Hall–Kier alpha value is -1.75. The zero-order valence-corrected chi connectivity index (χ0v) is 11.4. The van der Waals surface area contributed by atoms with E-state index in [1.54, 1.807) is 18.2 Å². The molecule has 0 radical (unpaired) electrons. The fourth-order valence-electron chi connectivity index (χ4n) is 2.31. The first-order chi connectivity index (χ1) is 9.74. The summed E-state index contributed by atoms with van der Waals surface area (Å²) in [6.07, 6.45) is 3.22. The monoisotopic (exact) mass is 276 g/mol. The highest BCUT2D eigenvalue weighted by atomic mass is 16.5. The molecule has 1 amide bonds. The van der Waals surface area contributed by atoms with E-state index in [0.29, 0.717) is 42.7 Å². The van der Waals surface area contributed by atoms with E-state index in [1.165, 1.54) is 12.8 Å². The van der Waals surface area contributed by atoms with E-state index in [0.717, 1.165) is 6.42 Å². The quantitative estimate of drug-likeness (QED) is 0.869. The number of rotatable bonds is 4. The molecule has 1 aromatic carbocycles. The summed E-state index contributed by atoms with van der Waals surface area (Å²) in [5.74, 6) is 1.81. The molecule has 2 aliphatic rings. The SMILES string of the molecule is NC(CNC(=O)c1ccc2c(c1)OCCCO2)C1CC1. The van der Waals surface area contributed by atoms with E-state index in [-0.39, 0.29) is 11.9 Å². The number of hydrogen-bond acceptors (Lipinski definition) is 4. The number of fused-ring (bicyclic) bond motifs is 1. The lowest BCUT2D eigenvalue weighted by molar-refractivity contribution is 0.0950. The standard InChI is InChI=1S/C15H20N2O3/c16-12(10-2-3-10)9-17-15(18)11-4-5-13-14(8-11)20-7-1-6-19-13/h4-5,8,10,12H,1-3,6-7,9,16H2,(H,17,18). The van der Waals surface area contributed by atoms with Crippen molar-refractivity contribution in [3.8, 4) is 11.5 Å². The molecule has 1 unspecified atom stereocenters. The van der Waals surface area contributed by atoms with Gasteiger partial charge >= 0.3 is 0 Å². The van der Waals surface area contributed by atoms with Crippen molar-refractivity contribution in [2.75, 3.05) is 19.8 Å². The van der Waals surface area contributed by atoms with Crippen molar-refractivity contribution in [2.45, 2.75) is 25.3 Å². The van der Waals surface area contributed by atoms with Crippen LogP contribution in [-0.4, -0.2) is 31.7 Å². The minimum absolute atomic E-state index is 0.0689. The van der Waals surface area contributed by atoms with Crippen LogP contribution in [0.1, 0.15) is 29.6 Å². The number of hydrogen-bond donors (Lipinski definition) is 2. The van der Waals surface area contributed by atoms with Crippen LogP contribution in [-0.2, 0) is 0 Å². The number of carbonyl (C=O) groups is 1. The van der Waals surface area contributed by atoms with Gasteiger partial charge in [0.1, 0.15) is 0 Å². The molecule has 0 spiro atoms. The molecule has 3 rings (SSSR count). The summed E-state index contributed by atoms with van der Waals surface area (Å²) < 4.78 is 11.1. The largest absolute Gasteiger partial charge is 0.490 e. The van der Waals surface area contributed by atoms with E-state index in [9.17, 15) is 4.79 Å². The Bertz CT molecular complexity index is 500. The summed E-state index contributed by atoms with van der Waals surface area (Å²) in [6.45, 7) is 1.79. The minimum atomic E-state index is -0.114. The molecule has 1 heterocycles. The van der Waals surface area contributed by atoms with E-state index >= 15 is 0 Å². The molecule has 1 fully saturated rings. The van der Waals surface area contributed by atoms with Gasteiger partial charge in [-0.3, -0.25) is 4.79 Å². The third kappa shape index (κ3) is 3.04. The molecule has 5 heteroatoms. The molecule has 5 nitrogen and oxygen atoms in total. The van der Waals surface area contributed by atoms with Crippen molar-refractivity contribution >= 4 is 5.91 Å². The molecular weight excluding hydrogens is 256 g/mol. The average Bonchev–Trinajstić information content (AvgIpc) is 3.29. The van der Waals surface area contributed by atoms with Crippen LogP contribution in [0.4, 0.5) is 0 Å². The van der Waals surface area contributed by atoms with E-state index in [1.807, 2.05) is 0 Å². The molecule has 0 bridgehead atoms. The number of nitrogens with one attached hydrogen (secondary N) is 1. The Kier molecular flexibility index (Phi) is 3.78. The summed E-state index contributed by atoms with van der Waals surface area (Å²) in [6, 6.07) is 5.35. The van der Waals surface area contributed by atoms with E-state index in [4.69, 9.17) is 15.2 Å². The maximum atomic E-state index is 12.1. The maximum absolute atomic E-state index is 12.1. The van der Waals surface area contributed by atoms with Gasteiger partial charge in [-0.2, -0.15) is 0 Å². The molecule has 0 saturated heterocycles. The highest BCUT2D eigenvalue weighted by molar-refractivity contribution is 5.94. The zero-order valence-electron chi connectivity index (χ0n) is 11.4. The van der Waals surface area contributed by atoms with Crippen molar-refractivity contribution in [2.24, 2.45) is 11.7 Å². The summed E-state index contributed by atoms with van der Waals surface area (Å²) in [5.41, 5.74) is 6.56. The minimum Gasteiger partial charge on any atom is -0.490 e. The third-order valence-electron chi connectivity index (χ3n) is 3.74. The molecular formula is C15H20N2O3. The molecule has 20 heavy (non-hydrogen) atoms. The lowest BCUT2D eigenvalue weighted by Crippen LogP contribution is -2.38. The second-order valence-electron chi connectivity index (χ2n) is 5.42. The van der Waals surface area contributed by atoms with Crippen LogP contribution in [0.5, 0.6) is 11.5 Å². The van der Waals surface area contributed by atoms with Gasteiger partial charge in [0.05, 0.1) is 13.2 Å². The van der Waals surface area contributed by atoms with Crippen LogP contribution in [0, 0.1) is 5.92 Å². The molecule has 3 N–H and O–H groups in total. The number of amides is 1. The fraction of sp³-hybridized carbons (Fsp3) is 0.533. The first-order valence-electron chi connectivity index (χ1n) is 7.17. The summed E-state index contributed by atoms with van der Waals surface area (Å²) in [5, 5.41) is 2.88. The Morgan fingerprint density at radius 2 is 2.05 bits per heavy atom. The van der Waals surface area contributed by atoms with E-state index in [2.05, 4.69) is 5.32 Å². The van der Waals surface area contributed by atoms with E-state index < -0.39 is 0 Å². The number of benzene rings is 1. The Morgan fingerprint density at radius 1 is 1.30 bits per heavy atom. The lowest BCUT2D eigenvalue weighted by atomic mass is 10.1. The molecule has 1 atom stereocenters. The van der Waals surface area contributed by atoms with Crippen LogP contribution in [0.15, 0.2) is 18.2 Å². The molecule has 1 aromatic rings. The molecule has 0 aromatic heterocycles. The van der Waals surface area contributed by atoms with Gasteiger partial charge in [-0.1, -0.05) is 0 Å². The van der Waals surface area contributed by atoms with Crippen molar-refractivity contribution < 1.29 is 14.3 Å². The van der Waals surface area contributed by atoms with Crippen LogP contribution in [0.3, 0.4) is 0 Å². The van der Waals surface area contributed by atoms with Gasteiger partial charge in [0.25, 0.3) is 5.91 Å². The van der Waals surface area contributed by atoms with Gasteiger partial charge in [-0.25, -0.2) is 0 Å². The Morgan fingerprint density at radius 3 is 2.80 bits per heavy atom. The van der Waals surface area contributed by atoms with Crippen LogP contribution >= 0.6 is 0 Å². The fourth-order valence-corrected chi connectivity index (χ4v) is 2.31. The number of nitrogens with two attached hydrogens (primary N) is 1. The predicted molar refractivity (Wildman–Crippen MR) is 75.1 cm³/mol. The van der Waals surface area contributed by atoms with Crippen molar-refractivity contribution in [1.82, 2.24) is 5.32 Å². The normalized spacial score (nSPS) is 19.1. The van der Waals surface area contributed by atoms with Crippen LogP contribution in [0.2, 0.25) is 0 Å². The van der Waals surface area contributed by atoms with Crippen LogP contribution in [0.25, 0.3) is 0 Å². The topological polar surface area (TPSA) is 73.6 Å². The predicted octanol–water partition coefficient (Wildman–Crippen LogP) is 1.32. The second-order valence-corrected chi connectivity index (χ2v) is 5.42. The van der Waals surface area contributed by atoms with Crippen molar-refractivity contribution in [3.05, 3.63) is 23.8 Å². The van der Waals surface area contributed by atoms with Crippen LogP contribution < -0.4 is 20.5 Å². The summed E-state index contributed by atoms with van der Waals surface area (Å²) in [4.78, 5) is 12.1. The third-order valence-corrected chi connectivity index (χ3v) is 3.74. The first-order valence-corrected chi connectivity index (χ1v) is 7.17. The Labute approximate surface area is 118 Å². The van der Waals surface area contributed by atoms with Gasteiger partial charge in [-0.15, -0.1) is 0 Å². The van der Waals surface area contributed by atoms with Gasteiger partial charge < -0.3 is 20.5 Å². The molecule has 1 aliphatic carbocycles. The van der Waals surface area contributed by atoms with Crippen molar-refractivity contribution in [1.29, 1.82) is 0 Å². The maximum Gasteiger partial charge on any atom is 0.251 e. The van der Waals surface area contributed by atoms with Gasteiger partial charge in [-0.05, 0) is 37.0 Å². The summed E-state index contributed by atoms with van der Waals surface area (Å²) in [7, 11) is 0. The Balaban J connectivity index is 1.63. The molecule has 1 aliphatic heterocycles. The smallest absolute Gasteiger partial charge is 0.251 e. The zero-order chi connectivity index (χ0) is 13.9.